The Kier molecular flexibility index (Phi) is 5.76. The van der Waals surface area contributed by atoms with Gasteiger partial charge in [0, 0.05) is 19.0 Å². The molecule has 1 atom stereocenters. The van der Waals surface area contributed by atoms with E-state index in [0.717, 1.165) is 0 Å². The van der Waals surface area contributed by atoms with Crippen LogP contribution in [-0.4, -0.2) is 78.7 Å². The second-order valence-corrected chi connectivity index (χ2v) is 6.76. The van der Waals surface area contributed by atoms with Gasteiger partial charge in [-0.1, -0.05) is 0 Å². The summed E-state index contributed by atoms with van der Waals surface area (Å²) >= 11 is 0. The molecule has 0 bridgehead atoms. The fourth-order valence-electron chi connectivity index (χ4n) is 2.27. The van der Waals surface area contributed by atoms with E-state index in [1.807, 2.05) is 20.8 Å². The highest BCUT2D eigenvalue weighted by atomic mass is 16.6. The Balaban J connectivity index is 1.75. The number of aliphatic imine (C=N–C) groups is 2. The van der Waals surface area contributed by atoms with E-state index in [9.17, 15) is 14.7 Å². The Bertz CT molecular complexity index is 534. The maximum Gasteiger partial charge on any atom is 0.410 e. The summed E-state index contributed by atoms with van der Waals surface area (Å²) in [6.45, 7) is 7.27. The molecule has 1 saturated heterocycles. The van der Waals surface area contributed by atoms with Gasteiger partial charge in [0.25, 0.3) is 0 Å². The largest absolute Gasteiger partial charge is 0.476 e. The topological polar surface area (TPSA) is 113 Å². The van der Waals surface area contributed by atoms with E-state index in [1.54, 1.807) is 4.90 Å². The van der Waals surface area contributed by atoms with Crippen LogP contribution in [0.5, 0.6) is 0 Å². The van der Waals surface area contributed by atoms with E-state index in [0.29, 0.717) is 37.7 Å². The summed E-state index contributed by atoms with van der Waals surface area (Å²) in [5.41, 5.74) is -0.100. The highest BCUT2D eigenvalue weighted by Gasteiger charge is 2.34. The predicted molar refractivity (Wildman–Crippen MR) is 87.1 cm³/mol. The molecule has 0 radical (unpaired) electrons. The standard InChI is InChI=1S/C15H24N4O5/c1-15(2,3)24-14(22)19-6-10(7-19)8-23-13-11(4-16-9-20)18-12(21)5-17-13/h9-10,12,21H,4-8H2,1-3H3,(H,16,20). The van der Waals surface area contributed by atoms with Crippen LogP contribution in [0.25, 0.3) is 0 Å². The Morgan fingerprint density at radius 1 is 1.46 bits per heavy atom. The lowest BCUT2D eigenvalue weighted by molar-refractivity contribution is -0.109. The fraction of sp³-hybridized carbons (Fsp3) is 0.733. The molecule has 0 aliphatic carbocycles. The van der Waals surface area contributed by atoms with Gasteiger partial charge in [0.15, 0.2) is 6.23 Å². The van der Waals surface area contributed by atoms with Crippen molar-refractivity contribution in [2.45, 2.75) is 32.6 Å². The van der Waals surface area contributed by atoms with Crippen molar-refractivity contribution in [1.29, 1.82) is 0 Å². The Morgan fingerprint density at radius 2 is 2.17 bits per heavy atom. The number of nitrogens with one attached hydrogen (secondary N) is 1. The average Bonchev–Trinajstić information content (AvgIpc) is 2.43. The van der Waals surface area contributed by atoms with E-state index in [2.05, 4.69) is 15.3 Å². The number of carbonyl (C=O) groups excluding carboxylic acids is 2. The van der Waals surface area contributed by atoms with Crippen LogP contribution in [0.4, 0.5) is 4.79 Å². The number of aliphatic hydroxyl groups is 1. The highest BCUT2D eigenvalue weighted by Crippen LogP contribution is 2.20. The molecule has 0 saturated carbocycles. The van der Waals surface area contributed by atoms with Gasteiger partial charge in [-0.25, -0.2) is 14.8 Å². The summed E-state index contributed by atoms with van der Waals surface area (Å²) in [5, 5.41) is 12.0. The quantitative estimate of drug-likeness (QED) is 0.672. The molecule has 1 fully saturated rings. The van der Waals surface area contributed by atoms with E-state index < -0.39 is 11.8 Å². The van der Waals surface area contributed by atoms with Crippen molar-refractivity contribution in [2.75, 3.05) is 32.8 Å². The summed E-state index contributed by atoms with van der Waals surface area (Å²) in [7, 11) is 0. The minimum absolute atomic E-state index is 0.134. The van der Waals surface area contributed by atoms with Crippen molar-refractivity contribution >= 4 is 24.1 Å². The minimum atomic E-state index is -0.910. The van der Waals surface area contributed by atoms with Crippen LogP contribution in [0.2, 0.25) is 0 Å². The SMILES string of the molecule is CC(C)(C)OC(=O)N1CC(COC2=NCC(O)N=C2CNC=O)C1. The first-order chi connectivity index (χ1) is 11.3. The Morgan fingerprint density at radius 3 is 2.79 bits per heavy atom. The number of hydrogen-bond donors (Lipinski definition) is 2. The summed E-state index contributed by atoms with van der Waals surface area (Å²) in [6.07, 6.45) is -0.687. The smallest absolute Gasteiger partial charge is 0.410 e. The van der Waals surface area contributed by atoms with Crippen molar-refractivity contribution < 1.29 is 24.2 Å². The summed E-state index contributed by atoms with van der Waals surface area (Å²) < 4.78 is 10.9. The van der Waals surface area contributed by atoms with Crippen molar-refractivity contribution in [2.24, 2.45) is 15.9 Å². The van der Waals surface area contributed by atoms with Crippen LogP contribution in [0, 0.1) is 5.92 Å². The van der Waals surface area contributed by atoms with Crippen LogP contribution in [0.3, 0.4) is 0 Å². The van der Waals surface area contributed by atoms with Crippen molar-refractivity contribution in [3.8, 4) is 0 Å². The van der Waals surface area contributed by atoms with Crippen LogP contribution >= 0.6 is 0 Å². The molecule has 2 N–H and O–H groups in total. The van der Waals surface area contributed by atoms with Gasteiger partial charge in [0.2, 0.25) is 12.3 Å². The zero-order valence-corrected chi connectivity index (χ0v) is 14.2. The van der Waals surface area contributed by atoms with Gasteiger partial charge in [-0.3, -0.25) is 4.79 Å². The number of amides is 2. The third kappa shape index (κ3) is 5.19. The lowest BCUT2D eigenvalue weighted by Gasteiger charge is -2.39. The van der Waals surface area contributed by atoms with Crippen molar-refractivity contribution in [3.05, 3.63) is 0 Å². The van der Waals surface area contributed by atoms with Gasteiger partial charge < -0.3 is 24.8 Å². The maximum atomic E-state index is 11.8. The minimum Gasteiger partial charge on any atom is -0.476 e. The summed E-state index contributed by atoms with van der Waals surface area (Å²) in [4.78, 5) is 32.0. The Labute approximate surface area is 140 Å². The number of likely N-dealkylation sites (tertiary alicyclic amines) is 1. The first kappa shape index (κ1) is 18.2. The zero-order chi connectivity index (χ0) is 17.7. The number of aliphatic hydroxyl groups excluding tert-OH is 1. The monoisotopic (exact) mass is 340 g/mol. The lowest BCUT2D eigenvalue weighted by atomic mass is 10.0. The molecule has 0 aromatic carbocycles. The molecule has 24 heavy (non-hydrogen) atoms. The van der Waals surface area contributed by atoms with Crippen molar-refractivity contribution in [1.82, 2.24) is 10.2 Å². The molecule has 9 nitrogen and oxygen atoms in total. The molecule has 134 valence electrons. The average molecular weight is 340 g/mol. The molecular weight excluding hydrogens is 316 g/mol. The molecule has 2 heterocycles. The second-order valence-electron chi connectivity index (χ2n) is 6.76. The molecule has 2 aliphatic rings. The molecule has 2 rings (SSSR count). The van der Waals surface area contributed by atoms with Crippen LogP contribution < -0.4 is 5.32 Å². The third-order valence-corrected chi connectivity index (χ3v) is 3.37. The van der Waals surface area contributed by atoms with Crippen LogP contribution in [-0.2, 0) is 14.3 Å². The number of ether oxygens (including phenoxy) is 2. The molecule has 0 aromatic rings. The maximum absolute atomic E-state index is 11.8. The first-order valence-corrected chi connectivity index (χ1v) is 7.86. The second kappa shape index (κ2) is 7.61. The lowest BCUT2D eigenvalue weighted by Crippen LogP contribution is -2.53. The predicted octanol–water partition coefficient (Wildman–Crippen LogP) is -0.213. The molecule has 2 aliphatic heterocycles. The van der Waals surface area contributed by atoms with Gasteiger partial charge in [-0.15, -0.1) is 0 Å². The number of hydrogen-bond acceptors (Lipinski definition) is 7. The van der Waals surface area contributed by atoms with E-state index in [-0.39, 0.29) is 25.1 Å². The Hall–Kier alpha value is -2.16. The third-order valence-electron chi connectivity index (χ3n) is 3.37. The van der Waals surface area contributed by atoms with E-state index in [4.69, 9.17) is 9.47 Å². The fourth-order valence-corrected chi connectivity index (χ4v) is 2.27. The van der Waals surface area contributed by atoms with Gasteiger partial charge >= 0.3 is 6.09 Å². The van der Waals surface area contributed by atoms with Crippen LogP contribution in [0.1, 0.15) is 20.8 Å². The van der Waals surface area contributed by atoms with Gasteiger partial charge in [-0.2, -0.15) is 0 Å². The van der Waals surface area contributed by atoms with Gasteiger partial charge in [-0.05, 0) is 20.8 Å². The van der Waals surface area contributed by atoms with Gasteiger partial charge in [0.1, 0.15) is 11.3 Å². The summed E-state index contributed by atoms with van der Waals surface area (Å²) in [5.74, 6) is 0.512. The number of rotatable bonds is 5. The molecule has 2 amide bonds. The highest BCUT2D eigenvalue weighted by molar-refractivity contribution is 6.40. The first-order valence-electron chi connectivity index (χ1n) is 7.86. The van der Waals surface area contributed by atoms with Crippen molar-refractivity contribution in [3.63, 3.8) is 0 Å². The normalized spacial score (nSPS) is 21.3. The molecule has 9 heteroatoms. The molecule has 0 aromatic heterocycles. The molecular formula is C15H24N4O5. The van der Waals surface area contributed by atoms with E-state index in [1.165, 1.54) is 0 Å². The van der Waals surface area contributed by atoms with Crippen LogP contribution in [0.15, 0.2) is 9.98 Å². The van der Waals surface area contributed by atoms with E-state index >= 15 is 0 Å². The number of nitrogens with zero attached hydrogens (tertiary/aromatic N) is 3. The zero-order valence-electron chi connectivity index (χ0n) is 14.2. The van der Waals surface area contributed by atoms with Gasteiger partial charge in [0.05, 0.1) is 19.7 Å². The summed E-state index contributed by atoms with van der Waals surface area (Å²) in [6, 6.07) is 0. The molecule has 0 spiro atoms. The molecule has 1 unspecified atom stereocenters. The number of carbonyl (C=O) groups is 2.